The molecule has 102 valence electrons. The van der Waals surface area contributed by atoms with Crippen molar-refractivity contribution >= 4 is 21.4 Å². The molecule has 18 heavy (non-hydrogen) atoms. The molecular weight excluding hydrogens is 270 g/mol. The van der Waals surface area contributed by atoms with Gasteiger partial charge in [-0.2, -0.15) is 0 Å². The maximum Gasteiger partial charge on any atom is 0.148 e. The number of rotatable bonds is 6. The van der Waals surface area contributed by atoms with Gasteiger partial charge in [0.2, 0.25) is 0 Å². The van der Waals surface area contributed by atoms with E-state index in [-0.39, 0.29) is 11.8 Å². The van der Waals surface area contributed by atoms with Crippen molar-refractivity contribution in [2.45, 2.75) is 26.4 Å². The van der Waals surface area contributed by atoms with Crippen LogP contribution in [0.5, 0.6) is 0 Å². The normalized spacial score (nSPS) is 13.8. The fraction of sp³-hybridized carbons (Fsp3) is 0.538. The van der Waals surface area contributed by atoms with Gasteiger partial charge in [-0.15, -0.1) is 0 Å². The zero-order valence-electron chi connectivity index (χ0n) is 11.1. The Bertz CT molecular complexity index is 488. The van der Waals surface area contributed by atoms with Crippen molar-refractivity contribution in [1.29, 1.82) is 0 Å². The smallest absolute Gasteiger partial charge is 0.148 e. The molecular formula is C13H20ClNO2S. The minimum Gasteiger partial charge on any atom is -0.296 e. The fourth-order valence-corrected chi connectivity index (χ4v) is 3.25. The number of halogens is 1. The number of hydrogen-bond donors (Lipinski definition) is 0. The molecule has 1 atom stereocenters. The molecule has 3 nitrogen and oxygen atoms in total. The van der Waals surface area contributed by atoms with Crippen LogP contribution in [0.1, 0.15) is 19.4 Å². The quantitative estimate of drug-likeness (QED) is 0.808. The van der Waals surface area contributed by atoms with Crippen LogP contribution in [0.3, 0.4) is 0 Å². The van der Waals surface area contributed by atoms with Crippen molar-refractivity contribution in [2.75, 3.05) is 18.6 Å². The van der Waals surface area contributed by atoms with Crippen LogP contribution in [0, 0.1) is 0 Å². The highest BCUT2D eigenvalue weighted by Gasteiger charge is 2.18. The van der Waals surface area contributed by atoms with E-state index < -0.39 is 9.84 Å². The Morgan fingerprint density at radius 3 is 2.44 bits per heavy atom. The molecule has 1 aromatic carbocycles. The number of sulfone groups is 1. The van der Waals surface area contributed by atoms with Gasteiger partial charge in [0.1, 0.15) is 9.84 Å². The maximum absolute atomic E-state index is 11.3. The van der Waals surface area contributed by atoms with Crippen LogP contribution in [-0.2, 0) is 16.4 Å². The van der Waals surface area contributed by atoms with E-state index in [1.165, 1.54) is 6.26 Å². The van der Waals surface area contributed by atoms with Crippen LogP contribution in [0.4, 0.5) is 0 Å². The Morgan fingerprint density at radius 1 is 1.33 bits per heavy atom. The summed E-state index contributed by atoms with van der Waals surface area (Å²) >= 11 is 6.12. The van der Waals surface area contributed by atoms with Crippen LogP contribution >= 0.6 is 11.6 Å². The second-order valence-electron chi connectivity index (χ2n) is 4.60. The number of benzene rings is 1. The van der Waals surface area contributed by atoms with Gasteiger partial charge in [-0.3, -0.25) is 4.90 Å². The van der Waals surface area contributed by atoms with Gasteiger partial charge in [-0.05, 0) is 25.1 Å². The SMILES string of the molecule is CCN(Cc1ccccc1Cl)[C@@H](C)CS(C)(=O)=O. The lowest BCUT2D eigenvalue weighted by atomic mass is 10.2. The van der Waals surface area contributed by atoms with E-state index in [4.69, 9.17) is 11.6 Å². The minimum atomic E-state index is -2.96. The molecule has 0 saturated heterocycles. The molecule has 0 N–H and O–H groups in total. The first kappa shape index (κ1) is 15.5. The molecule has 0 amide bonds. The molecule has 1 aromatic rings. The predicted octanol–water partition coefficient (Wildman–Crippen LogP) is 2.60. The zero-order chi connectivity index (χ0) is 13.8. The van der Waals surface area contributed by atoms with Crippen molar-refractivity contribution in [2.24, 2.45) is 0 Å². The van der Waals surface area contributed by atoms with Gasteiger partial charge in [0.05, 0.1) is 5.75 Å². The Kier molecular flexibility index (Phi) is 5.63. The molecule has 5 heteroatoms. The summed E-state index contributed by atoms with van der Waals surface area (Å²) in [4.78, 5) is 2.11. The highest BCUT2D eigenvalue weighted by molar-refractivity contribution is 7.90. The Balaban J connectivity index is 2.76. The highest BCUT2D eigenvalue weighted by Crippen LogP contribution is 2.18. The van der Waals surface area contributed by atoms with E-state index in [9.17, 15) is 8.42 Å². The molecule has 0 unspecified atom stereocenters. The Morgan fingerprint density at radius 2 is 1.94 bits per heavy atom. The van der Waals surface area contributed by atoms with Crippen molar-refractivity contribution in [3.8, 4) is 0 Å². The minimum absolute atomic E-state index is 0.0127. The van der Waals surface area contributed by atoms with Crippen molar-refractivity contribution in [3.05, 3.63) is 34.9 Å². The lowest BCUT2D eigenvalue weighted by Gasteiger charge is -2.27. The highest BCUT2D eigenvalue weighted by atomic mass is 35.5. The molecule has 0 aliphatic rings. The van der Waals surface area contributed by atoms with Gasteiger partial charge < -0.3 is 0 Å². The molecule has 1 rings (SSSR count). The molecule has 0 aliphatic heterocycles. The lowest BCUT2D eigenvalue weighted by Crippen LogP contribution is -2.37. The van der Waals surface area contributed by atoms with Crippen LogP contribution in [0.15, 0.2) is 24.3 Å². The van der Waals surface area contributed by atoms with E-state index in [0.717, 1.165) is 17.1 Å². The second kappa shape index (κ2) is 6.55. The summed E-state index contributed by atoms with van der Waals surface area (Å²) in [7, 11) is -2.96. The van der Waals surface area contributed by atoms with Gasteiger partial charge >= 0.3 is 0 Å². The topological polar surface area (TPSA) is 37.4 Å². The third-order valence-electron chi connectivity index (χ3n) is 2.90. The molecule has 0 aromatic heterocycles. The van der Waals surface area contributed by atoms with Crippen molar-refractivity contribution < 1.29 is 8.42 Å². The van der Waals surface area contributed by atoms with E-state index in [1.54, 1.807) is 0 Å². The van der Waals surface area contributed by atoms with Gasteiger partial charge in [-0.25, -0.2) is 8.42 Å². The third-order valence-corrected chi connectivity index (χ3v) is 4.36. The lowest BCUT2D eigenvalue weighted by molar-refractivity contribution is 0.226. The van der Waals surface area contributed by atoms with Gasteiger partial charge in [0.25, 0.3) is 0 Å². The largest absolute Gasteiger partial charge is 0.296 e. The molecule has 0 radical (unpaired) electrons. The molecule has 0 fully saturated rings. The first-order chi connectivity index (χ1) is 8.33. The summed E-state index contributed by atoms with van der Waals surface area (Å²) < 4.78 is 22.7. The van der Waals surface area contributed by atoms with E-state index >= 15 is 0 Å². The summed E-state index contributed by atoms with van der Waals surface area (Å²) in [6.45, 7) is 5.42. The summed E-state index contributed by atoms with van der Waals surface area (Å²) in [5.74, 6) is 0.172. The van der Waals surface area contributed by atoms with Gasteiger partial charge in [0, 0.05) is 23.9 Å². The molecule has 0 spiro atoms. The predicted molar refractivity (Wildman–Crippen MR) is 76.7 cm³/mol. The van der Waals surface area contributed by atoms with Gasteiger partial charge in [0.15, 0.2) is 0 Å². The standard InChI is InChI=1S/C13H20ClNO2S/c1-4-15(11(2)10-18(3,16)17)9-12-7-5-6-8-13(12)14/h5-8,11H,4,9-10H2,1-3H3/t11-/m0/s1. The average Bonchev–Trinajstić information content (AvgIpc) is 2.25. The monoisotopic (exact) mass is 289 g/mol. The van der Waals surface area contributed by atoms with E-state index in [0.29, 0.717) is 6.54 Å². The van der Waals surface area contributed by atoms with Crippen molar-refractivity contribution in [1.82, 2.24) is 4.90 Å². The van der Waals surface area contributed by atoms with Gasteiger partial charge in [-0.1, -0.05) is 36.7 Å². The summed E-state index contributed by atoms with van der Waals surface area (Å²) in [5.41, 5.74) is 1.03. The maximum atomic E-state index is 11.3. The summed E-state index contributed by atoms with van der Waals surface area (Å²) in [6, 6.07) is 7.64. The zero-order valence-corrected chi connectivity index (χ0v) is 12.6. The van der Waals surface area contributed by atoms with E-state index in [2.05, 4.69) is 4.90 Å². The molecule has 0 saturated carbocycles. The first-order valence-electron chi connectivity index (χ1n) is 5.98. The number of hydrogen-bond acceptors (Lipinski definition) is 3. The average molecular weight is 290 g/mol. The van der Waals surface area contributed by atoms with E-state index in [1.807, 2.05) is 38.1 Å². The van der Waals surface area contributed by atoms with Crippen LogP contribution in [0.2, 0.25) is 5.02 Å². The molecule has 0 heterocycles. The Hall–Kier alpha value is -0.580. The molecule has 0 bridgehead atoms. The third kappa shape index (κ3) is 4.96. The van der Waals surface area contributed by atoms with Crippen LogP contribution in [0.25, 0.3) is 0 Å². The Labute approximate surface area is 115 Å². The van der Waals surface area contributed by atoms with Crippen LogP contribution < -0.4 is 0 Å². The first-order valence-corrected chi connectivity index (χ1v) is 8.42. The summed E-state index contributed by atoms with van der Waals surface area (Å²) in [5, 5.41) is 0.725. The van der Waals surface area contributed by atoms with Crippen molar-refractivity contribution in [3.63, 3.8) is 0 Å². The number of nitrogens with zero attached hydrogens (tertiary/aromatic N) is 1. The second-order valence-corrected chi connectivity index (χ2v) is 7.19. The fourth-order valence-electron chi connectivity index (χ4n) is 1.97. The summed E-state index contributed by atoms with van der Waals surface area (Å²) in [6.07, 6.45) is 1.27. The molecule has 0 aliphatic carbocycles. The van der Waals surface area contributed by atoms with Crippen LogP contribution in [-0.4, -0.2) is 37.9 Å².